The molecule has 0 aromatic heterocycles. The molecule has 31 heavy (non-hydrogen) atoms. The first-order chi connectivity index (χ1) is 13.9. The Bertz CT molecular complexity index is 409. The van der Waals surface area contributed by atoms with Gasteiger partial charge in [0.25, 0.3) is 0 Å². The van der Waals surface area contributed by atoms with E-state index in [-0.39, 0.29) is 45.5 Å². The summed E-state index contributed by atoms with van der Waals surface area (Å²) < 4.78 is 0. The number of hydrogen-bond donors (Lipinski definition) is 0. The van der Waals surface area contributed by atoms with Crippen LogP contribution in [0.3, 0.4) is 0 Å². The average Bonchev–Trinajstić information content (AvgIpc) is 3.32. The van der Waals surface area contributed by atoms with Gasteiger partial charge >= 0.3 is 45.5 Å². The van der Waals surface area contributed by atoms with Gasteiger partial charge in [0.1, 0.15) is 0 Å². The molecular formula is C30H58Sr. The zero-order valence-corrected chi connectivity index (χ0v) is 27.1. The van der Waals surface area contributed by atoms with Crippen molar-refractivity contribution in [2.75, 3.05) is 0 Å². The second-order valence-electron chi connectivity index (χ2n) is 12.4. The van der Waals surface area contributed by atoms with Gasteiger partial charge in [-0.25, -0.2) is 0 Å². The number of hydrogen-bond acceptors (Lipinski definition) is 0. The van der Waals surface area contributed by atoms with E-state index >= 15 is 0 Å². The predicted molar refractivity (Wildman–Crippen MR) is 143 cm³/mol. The molecule has 0 aliphatic heterocycles. The Kier molecular flexibility index (Phi) is 16.2. The van der Waals surface area contributed by atoms with Crippen LogP contribution < -0.4 is 0 Å². The Hall–Kier alpha value is 1.48. The van der Waals surface area contributed by atoms with E-state index < -0.39 is 0 Å². The maximum absolute atomic E-state index is 2.68. The fraction of sp³-hybridized carbons (Fsp3) is 0.933. The van der Waals surface area contributed by atoms with Crippen LogP contribution in [0.2, 0.25) is 0 Å². The molecule has 1 heteroatoms. The van der Waals surface area contributed by atoms with Crippen LogP contribution in [0.1, 0.15) is 109 Å². The smallest absolute Gasteiger partial charge is 0.322 e. The molecule has 0 nitrogen and oxygen atoms in total. The van der Waals surface area contributed by atoms with Crippen LogP contribution in [0.25, 0.3) is 0 Å². The Labute approximate surface area is 236 Å². The molecule has 2 aliphatic rings. The van der Waals surface area contributed by atoms with Gasteiger partial charge in [0.2, 0.25) is 0 Å². The first kappa shape index (κ1) is 32.5. The van der Waals surface area contributed by atoms with Crippen LogP contribution in [0, 0.1) is 83.9 Å². The summed E-state index contributed by atoms with van der Waals surface area (Å²) in [6.45, 7) is 28.6. The molecule has 2 aliphatic carbocycles. The summed E-state index contributed by atoms with van der Waals surface area (Å²) >= 11 is 0. The standard InChI is InChI=1S/2C15H29.Sr/c2*1-7-12(6)15-9-13(10(2)3)8-14(15)11(4)5;/h2*9-15H,7-8H2,1-6H3;/q2*-1;+2. The molecule has 0 N–H and O–H groups in total. The summed E-state index contributed by atoms with van der Waals surface area (Å²) in [5.41, 5.74) is 0. The molecule has 2 fully saturated rings. The molecule has 0 saturated heterocycles. The van der Waals surface area contributed by atoms with Gasteiger partial charge in [-0.3, -0.25) is 0 Å². The SMILES string of the molecule is CCC(C)C1[CH-]C(C(C)C)CC1C(C)C.CCC(C)C1[CH-]C(C(C)C)CC1C(C)C.[Sr+2]. The summed E-state index contributed by atoms with van der Waals surface area (Å²) in [7, 11) is 0. The Morgan fingerprint density at radius 3 is 1.03 bits per heavy atom. The predicted octanol–water partition coefficient (Wildman–Crippen LogP) is 9.22. The Balaban J connectivity index is 0.000000562. The van der Waals surface area contributed by atoms with Crippen LogP contribution >= 0.6 is 0 Å². The third kappa shape index (κ3) is 9.57. The minimum Gasteiger partial charge on any atom is -0.322 e. The number of rotatable bonds is 8. The third-order valence-corrected chi connectivity index (χ3v) is 9.04. The van der Waals surface area contributed by atoms with Gasteiger partial charge in [-0.05, 0) is 11.8 Å². The second-order valence-corrected chi connectivity index (χ2v) is 12.4. The van der Waals surface area contributed by atoms with Crippen molar-refractivity contribution >= 4 is 45.5 Å². The molecule has 0 heterocycles. The quantitative estimate of drug-likeness (QED) is 0.227. The summed E-state index contributed by atoms with van der Waals surface area (Å²) in [4.78, 5) is 0. The molecule has 2 saturated carbocycles. The maximum atomic E-state index is 2.68. The van der Waals surface area contributed by atoms with Gasteiger partial charge in [0, 0.05) is 0 Å². The fourth-order valence-electron chi connectivity index (χ4n) is 6.15. The van der Waals surface area contributed by atoms with E-state index in [1.54, 1.807) is 0 Å². The molecule has 8 atom stereocenters. The van der Waals surface area contributed by atoms with Crippen LogP contribution in [0.5, 0.6) is 0 Å². The fourth-order valence-corrected chi connectivity index (χ4v) is 6.15. The molecule has 180 valence electrons. The normalized spacial score (nSPS) is 32.9. The largest absolute Gasteiger partial charge is 2.00 e. The van der Waals surface area contributed by atoms with Crippen molar-refractivity contribution in [2.24, 2.45) is 71.0 Å². The monoisotopic (exact) mass is 506 g/mol. The minimum atomic E-state index is 0. The van der Waals surface area contributed by atoms with Gasteiger partial charge in [0.15, 0.2) is 0 Å². The first-order valence-electron chi connectivity index (χ1n) is 13.6. The van der Waals surface area contributed by atoms with Crippen molar-refractivity contribution < 1.29 is 0 Å². The van der Waals surface area contributed by atoms with Crippen LogP contribution in [0.15, 0.2) is 0 Å². The zero-order valence-electron chi connectivity index (χ0n) is 23.6. The van der Waals surface area contributed by atoms with Crippen molar-refractivity contribution in [2.45, 2.75) is 109 Å². The van der Waals surface area contributed by atoms with Gasteiger partial charge < -0.3 is 12.8 Å². The van der Waals surface area contributed by atoms with E-state index in [9.17, 15) is 0 Å². The summed E-state index contributed by atoms with van der Waals surface area (Å²) in [5.74, 6) is 10.5. The second kappa shape index (κ2) is 15.5. The first-order valence-corrected chi connectivity index (χ1v) is 13.6. The van der Waals surface area contributed by atoms with Gasteiger partial charge in [-0.15, -0.1) is 0 Å². The van der Waals surface area contributed by atoms with Crippen molar-refractivity contribution in [1.82, 2.24) is 0 Å². The molecule has 0 spiro atoms. The summed E-state index contributed by atoms with van der Waals surface area (Å²) in [5, 5.41) is 0. The zero-order chi connectivity index (χ0) is 23.2. The topological polar surface area (TPSA) is 0 Å². The molecule has 0 aromatic carbocycles. The molecular weight excluding hydrogens is 448 g/mol. The van der Waals surface area contributed by atoms with Crippen molar-refractivity contribution in [3.8, 4) is 0 Å². The van der Waals surface area contributed by atoms with E-state index in [0.717, 1.165) is 71.0 Å². The molecule has 0 radical (unpaired) electrons. The molecule has 0 bridgehead atoms. The van der Waals surface area contributed by atoms with Crippen molar-refractivity contribution in [3.63, 3.8) is 0 Å². The van der Waals surface area contributed by atoms with E-state index in [1.165, 1.54) is 25.7 Å². The van der Waals surface area contributed by atoms with E-state index in [4.69, 9.17) is 0 Å². The van der Waals surface area contributed by atoms with Gasteiger partial charge in [-0.1, -0.05) is 144 Å². The van der Waals surface area contributed by atoms with Crippen LogP contribution in [-0.2, 0) is 0 Å². The average molecular weight is 506 g/mol. The van der Waals surface area contributed by atoms with E-state index in [0.29, 0.717) is 0 Å². The molecule has 8 unspecified atom stereocenters. The Morgan fingerprint density at radius 2 is 0.839 bits per heavy atom. The molecule has 0 amide bonds. The Morgan fingerprint density at radius 1 is 0.548 bits per heavy atom. The van der Waals surface area contributed by atoms with Gasteiger partial charge in [-0.2, -0.15) is 23.7 Å². The molecule has 0 aromatic rings. The van der Waals surface area contributed by atoms with Gasteiger partial charge in [0.05, 0.1) is 0 Å². The van der Waals surface area contributed by atoms with Crippen LogP contribution in [-0.4, -0.2) is 45.5 Å². The van der Waals surface area contributed by atoms with E-state index in [2.05, 4.69) is 95.9 Å². The maximum Gasteiger partial charge on any atom is 2.00 e. The summed E-state index contributed by atoms with van der Waals surface area (Å²) in [6.07, 6.45) is 10.9. The van der Waals surface area contributed by atoms with E-state index in [1.807, 2.05) is 0 Å². The van der Waals surface area contributed by atoms with Crippen molar-refractivity contribution in [3.05, 3.63) is 12.8 Å². The summed E-state index contributed by atoms with van der Waals surface area (Å²) in [6, 6.07) is 0. The minimum absolute atomic E-state index is 0. The van der Waals surface area contributed by atoms with Crippen LogP contribution in [0.4, 0.5) is 0 Å². The molecule has 2 rings (SSSR count). The van der Waals surface area contributed by atoms with Crippen molar-refractivity contribution in [1.29, 1.82) is 0 Å². The third-order valence-electron chi connectivity index (χ3n) is 9.04.